The quantitative estimate of drug-likeness (QED) is 0.619. The topological polar surface area (TPSA) is 50.7 Å². The number of hydrogen-bond donors (Lipinski definition) is 1. The van der Waals surface area contributed by atoms with Crippen molar-refractivity contribution in [1.82, 2.24) is 5.43 Å². The number of ether oxygens (including phenoxy) is 1. The first-order valence-corrected chi connectivity index (χ1v) is 9.20. The molecule has 1 N–H and O–H groups in total. The van der Waals surface area contributed by atoms with Crippen LogP contribution >= 0.6 is 27.3 Å². The molecule has 1 aromatic heterocycles. The van der Waals surface area contributed by atoms with Crippen molar-refractivity contribution in [1.29, 1.82) is 0 Å². The number of carbonyl (C=O) groups excluding carboxylic acids is 1. The molecule has 2 aromatic rings. The molecule has 0 spiro atoms. The van der Waals surface area contributed by atoms with Crippen molar-refractivity contribution in [3.63, 3.8) is 0 Å². The minimum absolute atomic E-state index is 0.0564. The van der Waals surface area contributed by atoms with Crippen LogP contribution in [0.5, 0.6) is 5.75 Å². The molecule has 0 radical (unpaired) electrons. The molecule has 1 amide bonds. The molecule has 4 nitrogen and oxygen atoms in total. The van der Waals surface area contributed by atoms with Gasteiger partial charge in [0.15, 0.2) is 6.61 Å². The third kappa shape index (κ3) is 4.20. The summed E-state index contributed by atoms with van der Waals surface area (Å²) in [5, 5.41) is 5.87. The van der Waals surface area contributed by atoms with E-state index in [9.17, 15) is 4.79 Å². The van der Waals surface area contributed by atoms with Gasteiger partial charge in [-0.25, -0.2) is 5.43 Å². The molecular weight excluding hydrogens is 376 g/mol. The van der Waals surface area contributed by atoms with Crippen LogP contribution in [0.4, 0.5) is 0 Å². The largest absolute Gasteiger partial charge is 0.483 e. The van der Waals surface area contributed by atoms with Gasteiger partial charge in [-0.2, -0.15) is 5.10 Å². The van der Waals surface area contributed by atoms with Crippen LogP contribution in [0.2, 0.25) is 0 Å². The monoisotopic (exact) mass is 392 g/mol. The predicted molar refractivity (Wildman–Crippen MR) is 96.3 cm³/mol. The summed E-state index contributed by atoms with van der Waals surface area (Å²) in [5.41, 5.74) is 5.16. The molecule has 0 fully saturated rings. The third-order valence-electron chi connectivity index (χ3n) is 3.71. The van der Waals surface area contributed by atoms with Crippen LogP contribution in [0.15, 0.2) is 39.2 Å². The lowest BCUT2D eigenvalue weighted by Crippen LogP contribution is -2.24. The van der Waals surface area contributed by atoms with Crippen molar-refractivity contribution < 1.29 is 9.53 Å². The van der Waals surface area contributed by atoms with Crippen LogP contribution < -0.4 is 10.2 Å². The molecule has 0 saturated heterocycles. The van der Waals surface area contributed by atoms with Crippen molar-refractivity contribution in [2.75, 3.05) is 6.61 Å². The average Bonchev–Trinajstić information content (AvgIpc) is 3.08. The van der Waals surface area contributed by atoms with Gasteiger partial charge in [-0.3, -0.25) is 4.79 Å². The highest BCUT2D eigenvalue weighted by Crippen LogP contribution is 2.35. The summed E-state index contributed by atoms with van der Waals surface area (Å²) in [6.07, 6.45) is 6.24. The highest BCUT2D eigenvalue weighted by molar-refractivity contribution is 9.10. The van der Waals surface area contributed by atoms with E-state index in [0.717, 1.165) is 22.2 Å². The number of thiophene rings is 1. The maximum Gasteiger partial charge on any atom is 0.277 e. The van der Waals surface area contributed by atoms with Crippen molar-refractivity contribution in [2.24, 2.45) is 5.10 Å². The fraction of sp³-hybridized carbons (Fsp3) is 0.294. The number of hydrogen-bond acceptors (Lipinski definition) is 4. The fourth-order valence-electron chi connectivity index (χ4n) is 2.58. The van der Waals surface area contributed by atoms with E-state index >= 15 is 0 Å². The molecule has 0 aliphatic heterocycles. The molecule has 0 unspecified atom stereocenters. The van der Waals surface area contributed by atoms with Gasteiger partial charge >= 0.3 is 0 Å². The smallest absolute Gasteiger partial charge is 0.277 e. The number of hydrazone groups is 1. The van der Waals surface area contributed by atoms with E-state index in [1.54, 1.807) is 17.6 Å². The summed E-state index contributed by atoms with van der Waals surface area (Å²) in [7, 11) is 0. The second kappa shape index (κ2) is 7.75. The summed E-state index contributed by atoms with van der Waals surface area (Å²) in [4.78, 5) is 12.8. The standard InChI is InChI=1S/C17H17BrN2O2S/c18-17-14-6-2-1-4-12(14)7-8-15(17)22-11-16(21)20-19-10-13-5-3-9-23-13/h3,5,7-10H,1-2,4,6,11H2,(H,20,21). The number of amides is 1. The Labute approximate surface area is 147 Å². The number of fused-ring (bicyclic) bond motifs is 1. The lowest BCUT2D eigenvalue weighted by atomic mass is 9.92. The average molecular weight is 393 g/mol. The molecule has 1 aromatic carbocycles. The molecular formula is C17H17BrN2O2S. The van der Waals surface area contributed by atoms with Gasteiger partial charge in [0.25, 0.3) is 5.91 Å². The van der Waals surface area contributed by atoms with Crippen LogP contribution in [0.3, 0.4) is 0 Å². The molecule has 0 saturated carbocycles. The summed E-state index contributed by atoms with van der Waals surface area (Å²) in [6.45, 7) is -0.0564. The van der Waals surface area contributed by atoms with E-state index in [0.29, 0.717) is 5.75 Å². The van der Waals surface area contributed by atoms with Crippen molar-refractivity contribution in [3.8, 4) is 5.75 Å². The molecule has 120 valence electrons. The van der Waals surface area contributed by atoms with E-state index in [-0.39, 0.29) is 12.5 Å². The van der Waals surface area contributed by atoms with Crippen LogP contribution in [0.25, 0.3) is 0 Å². The summed E-state index contributed by atoms with van der Waals surface area (Å²) in [6, 6.07) is 7.89. The molecule has 1 aliphatic carbocycles. The highest BCUT2D eigenvalue weighted by atomic mass is 79.9. The first-order chi connectivity index (χ1) is 11.2. The van der Waals surface area contributed by atoms with E-state index in [4.69, 9.17) is 4.74 Å². The molecule has 0 bridgehead atoms. The molecule has 1 aliphatic rings. The Balaban J connectivity index is 1.55. The Morgan fingerprint density at radius 1 is 1.35 bits per heavy atom. The maximum absolute atomic E-state index is 11.8. The van der Waals surface area contributed by atoms with Gasteiger partial charge in [0, 0.05) is 4.88 Å². The highest BCUT2D eigenvalue weighted by Gasteiger charge is 2.16. The van der Waals surface area contributed by atoms with Crippen LogP contribution in [-0.4, -0.2) is 18.7 Å². The fourth-order valence-corrected chi connectivity index (χ4v) is 3.87. The maximum atomic E-state index is 11.8. The molecule has 3 rings (SSSR count). The van der Waals surface area contributed by atoms with Gasteiger partial charge in [-0.15, -0.1) is 11.3 Å². The SMILES string of the molecule is O=C(COc1ccc2c(c1Br)CCCC2)NN=Cc1cccs1. The van der Waals surface area contributed by atoms with Crippen LogP contribution in [0.1, 0.15) is 28.8 Å². The Bertz CT molecular complexity index is 714. The Morgan fingerprint density at radius 2 is 2.22 bits per heavy atom. The van der Waals surface area contributed by atoms with Crippen molar-refractivity contribution in [3.05, 3.63) is 50.1 Å². The lowest BCUT2D eigenvalue weighted by molar-refractivity contribution is -0.123. The van der Waals surface area contributed by atoms with E-state index in [1.807, 2.05) is 23.6 Å². The zero-order valence-electron chi connectivity index (χ0n) is 12.5. The number of carbonyl (C=O) groups is 1. The molecule has 0 atom stereocenters. The van der Waals surface area contributed by atoms with Crippen molar-refractivity contribution >= 4 is 39.4 Å². The first kappa shape index (κ1) is 16.2. The Kier molecular flexibility index (Phi) is 5.46. The second-order valence-electron chi connectivity index (χ2n) is 5.32. The number of nitrogens with one attached hydrogen (secondary N) is 1. The van der Waals surface area contributed by atoms with E-state index < -0.39 is 0 Å². The molecule has 6 heteroatoms. The first-order valence-electron chi connectivity index (χ1n) is 7.52. The van der Waals surface area contributed by atoms with Gasteiger partial charge in [-0.05, 0) is 70.3 Å². The molecule has 1 heterocycles. The number of rotatable bonds is 5. The van der Waals surface area contributed by atoms with E-state index in [2.05, 4.69) is 32.5 Å². The Hall–Kier alpha value is -1.66. The van der Waals surface area contributed by atoms with Crippen LogP contribution in [0, 0.1) is 0 Å². The zero-order valence-corrected chi connectivity index (χ0v) is 15.0. The number of benzene rings is 1. The number of nitrogens with zero attached hydrogens (tertiary/aromatic N) is 1. The van der Waals surface area contributed by atoms with Crippen LogP contribution in [-0.2, 0) is 17.6 Å². The van der Waals surface area contributed by atoms with Gasteiger partial charge in [0.05, 0.1) is 10.7 Å². The predicted octanol–water partition coefficient (Wildman–Crippen LogP) is 3.92. The third-order valence-corrected chi connectivity index (χ3v) is 5.39. The number of halogens is 1. The summed E-state index contributed by atoms with van der Waals surface area (Å²) >= 11 is 5.17. The minimum Gasteiger partial charge on any atom is -0.483 e. The van der Waals surface area contributed by atoms with Gasteiger partial charge < -0.3 is 4.74 Å². The summed E-state index contributed by atoms with van der Waals surface area (Å²) < 4.78 is 6.60. The molecule has 23 heavy (non-hydrogen) atoms. The summed E-state index contributed by atoms with van der Waals surface area (Å²) in [5.74, 6) is 0.436. The van der Waals surface area contributed by atoms with Gasteiger partial charge in [0.2, 0.25) is 0 Å². The lowest BCUT2D eigenvalue weighted by Gasteiger charge is -2.19. The van der Waals surface area contributed by atoms with Gasteiger partial charge in [0.1, 0.15) is 5.75 Å². The Morgan fingerprint density at radius 3 is 3.04 bits per heavy atom. The number of aryl methyl sites for hydroxylation is 1. The minimum atomic E-state index is -0.276. The van der Waals surface area contributed by atoms with Gasteiger partial charge in [-0.1, -0.05) is 12.1 Å². The second-order valence-corrected chi connectivity index (χ2v) is 7.09. The van der Waals surface area contributed by atoms with Crippen molar-refractivity contribution in [2.45, 2.75) is 25.7 Å². The normalized spacial score (nSPS) is 13.8. The zero-order chi connectivity index (χ0) is 16.1. The van der Waals surface area contributed by atoms with E-state index in [1.165, 1.54) is 24.0 Å².